The largest absolute Gasteiger partial charge is 0.472 e. The van der Waals surface area contributed by atoms with Crippen LogP contribution in [0.15, 0.2) is 0 Å². The number of ether oxygens (including phenoxy) is 2. The van der Waals surface area contributed by atoms with Crippen LogP contribution >= 0.6 is 7.82 Å². The molecule has 0 aliphatic rings. The van der Waals surface area contributed by atoms with Gasteiger partial charge in [0.25, 0.3) is 0 Å². The molecule has 0 bridgehead atoms. The third-order valence-corrected chi connectivity index (χ3v) is 16.7. The summed E-state index contributed by atoms with van der Waals surface area (Å²) in [6.45, 7) is 5.73. The Kier molecular flexibility index (Phi) is 59.2. The highest BCUT2D eigenvalue weighted by molar-refractivity contribution is 7.47. The zero-order valence-electron chi connectivity index (χ0n) is 51.6. The summed E-state index contributed by atoms with van der Waals surface area (Å²) < 4.78 is 35.4. The number of rotatable bonds is 65. The molecule has 0 aliphatic carbocycles. The van der Waals surface area contributed by atoms with Crippen LogP contribution in [-0.2, 0) is 27.9 Å². The van der Waals surface area contributed by atoms with Crippen molar-refractivity contribution in [2.24, 2.45) is 0 Å². The van der Waals surface area contributed by atoms with Gasteiger partial charge in [-0.15, -0.1) is 0 Å². The van der Waals surface area contributed by atoms with Gasteiger partial charge in [-0.05, 0) is 12.8 Å². The molecule has 0 fully saturated rings. The summed E-state index contributed by atoms with van der Waals surface area (Å²) >= 11 is 0. The van der Waals surface area contributed by atoms with Gasteiger partial charge in [0.2, 0.25) is 0 Å². The number of quaternary nitrogens is 1. The van der Waals surface area contributed by atoms with Crippen LogP contribution in [0.3, 0.4) is 0 Å². The number of carbonyl (C=O) groups excluding carboxylic acids is 1. The molecule has 0 heterocycles. The fraction of sp³-hybridized carbons (Fsp3) is 0.985. The third-order valence-electron chi connectivity index (χ3n) is 15.7. The lowest BCUT2D eigenvalue weighted by Gasteiger charge is -2.24. The molecule has 75 heavy (non-hydrogen) atoms. The van der Waals surface area contributed by atoms with Gasteiger partial charge in [0.1, 0.15) is 19.3 Å². The first-order chi connectivity index (χ1) is 36.6. The Balaban J connectivity index is 3.83. The van der Waals surface area contributed by atoms with Crippen LogP contribution in [0.4, 0.5) is 0 Å². The molecule has 450 valence electrons. The first-order valence-electron chi connectivity index (χ1n) is 33.8. The predicted octanol–water partition coefficient (Wildman–Crippen LogP) is 21.9. The van der Waals surface area contributed by atoms with Gasteiger partial charge in [0.05, 0.1) is 34.4 Å². The lowest BCUT2D eigenvalue weighted by molar-refractivity contribution is -0.870. The minimum Gasteiger partial charge on any atom is -0.457 e. The topological polar surface area (TPSA) is 91.3 Å². The van der Waals surface area contributed by atoms with Gasteiger partial charge in [0, 0.05) is 13.0 Å². The van der Waals surface area contributed by atoms with Crippen molar-refractivity contribution in [2.45, 2.75) is 367 Å². The zero-order chi connectivity index (χ0) is 54.7. The molecule has 9 heteroatoms. The molecule has 0 amide bonds. The molecule has 0 saturated carbocycles. The molecule has 1 unspecified atom stereocenters. The van der Waals surface area contributed by atoms with Gasteiger partial charge >= 0.3 is 13.8 Å². The molecule has 0 aromatic carbocycles. The number of likely N-dealkylation sites (N-methyl/N-ethyl adjacent to an activating group) is 1. The van der Waals surface area contributed by atoms with Crippen molar-refractivity contribution in [3.8, 4) is 0 Å². The van der Waals surface area contributed by atoms with Crippen LogP contribution in [0.2, 0.25) is 0 Å². The smallest absolute Gasteiger partial charge is 0.457 e. The summed E-state index contributed by atoms with van der Waals surface area (Å²) in [7, 11) is 1.70. The van der Waals surface area contributed by atoms with E-state index >= 15 is 0 Å². The van der Waals surface area contributed by atoms with E-state index in [9.17, 15) is 14.3 Å². The maximum absolute atomic E-state index is 12.8. The van der Waals surface area contributed by atoms with E-state index in [0.717, 1.165) is 32.1 Å². The summed E-state index contributed by atoms with van der Waals surface area (Å²) in [4.78, 5) is 23.1. The summed E-state index contributed by atoms with van der Waals surface area (Å²) in [5.41, 5.74) is 0. The van der Waals surface area contributed by atoms with Crippen molar-refractivity contribution in [3.05, 3.63) is 0 Å². The number of phosphoric ester groups is 1. The van der Waals surface area contributed by atoms with Crippen molar-refractivity contribution in [2.75, 3.05) is 54.1 Å². The number of phosphoric acid groups is 1. The molecule has 8 nitrogen and oxygen atoms in total. The molecule has 1 N–H and O–H groups in total. The SMILES string of the molecule is CCCCCCCCCCCCCCCCCCCCCCCCCCCCCCCCCCCCCC(=O)O[C@H](COCCCCCCCCCCCCCCCCCCCC)COP(=O)(O)OCC[N+](C)(C)C. The van der Waals surface area contributed by atoms with Crippen LogP contribution in [-0.4, -0.2) is 75.6 Å². The summed E-state index contributed by atoms with van der Waals surface area (Å²) in [6, 6.07) is 0. The Morgan fingerprint density at radius 1 is 0.360 bits per heavy atom. The molecular weight excluding hydrogens is 950 g/mol. The molecular formula is C66H135NO7P+. The minimum atomic E-state index is -4.28. The number of nitrogens with zero attached hydrogens (tertiary/aromatic N) is 1. The average Bonchev–Trinajstić information content (AvgIpc) is 3.38. The number of unbranched alkanes of at least 4 members (excludes halogenated alkanes) is 51. The lowest BCUT2D eigenvalue weighted by atomic mass is 10.0. The quantitative estimate of drug-likeness (QED) is 0.0281. The Bertz CT molecular complexity index is 1170. The van der Waals surface area contributed by atoms with E-state index in [4.69, 9.17) is 18.5 Å². The van der Waals surface area contributed by atoms with E-state index in [1.807, 2.05) is 21.1 Å². The molecule has 0 spiro atoms. The second-order valence-electron chi connectivity index (χ2n) is 24.6. The summed E-state index contributed by atoms with van der Waals surface area (Å²) in [5, 5.41) is 0. The Labute approximate surface area is 469 Å². The van der Waals surface area contributed by atoms with Gasteiger partial charge in [0.15, 0.2) is 0 Å². The van der Waals surface area contributed by atoms with Crippen LogP contribution in [0.25, 0.3) is 0 Å². The van der Waals surface area contributed by atoms with Crippen LogP contribution in [0.5, 0.6) is 0 Å². The molecule has 0 aliphatic heterocycles. The number of hydrogen-bond acceptors (Lipinski definition) is 6. The fourth-order valence-corrected chi connectivity index (χ4v) is 11.2. The molecule has 2 atom stereocenters. The monoisotopic (exact) mass is 1080 g/mol. The van der Waals surface area contributed by atoms with E-state index in [0.29, 0.717) is 24.1 Å². The lowest BCUT2D eigenvalue weighted by Crippen LogP contribution is -2.37. The van der Waals surface area contributed by atoms with Crippen LogP contribution in [0.1, 0.15) is 361 Å². The van der Waals surface area contributed by atoms with E-state index in [1.54, 1.807) is 0 Å². The van der Waals surface area contributed by atoms with Crippen LogP contribution in [0, 0.1) is 0 Å². The van der Waals surface area contributed by atoms with E-state index in [-0.39, 0.29) is 25.8 Å². The van der Waals surface area contributed by atoms with Crippen molar-refractivity contribution in [1.29, 1.82) is 0 Å². The van der Waals surface area contributed by atoms with Crippen LogP contribution < -0.4 is 0 Å². The number of esters is 1. The molecule has 0 aromatic heterocycles. The fourth-order valence-electron chi connectivity index (χ4n) is 10.5. The van der Waals surface area contributed by atoms with Crippen molar-refractivity contribution in [1.82, 2.24) is 0 Å². The maximum Gasteiger partial charge on any atom is 0.472 e. The predicted molar refractivity (Wildman–Crippen MR) is 326 cm³/mol. The molecule has 0 saturated heterocycles. The Hall–Kier alpha value is -0.500. The van der Waals surface area contributed by atoms with Crippen molar-refractivity contribution >= 4 is 13.8 Å². The molecule has 0 radical (unpaired) electrons. The van der Waals surface area contributed by atoms with E-state index in [1.165, 1.54) is 308 Å². The summed E-state index contributed by atoms with van der Waals surface area (Å²) in [5.74, 6) is -0.301. The highest BCUT2D eigenvalue weighted by Gasteiger charge is 2.26. The van der Waals surface area contributed by atoms with Gasteiger partial charge < -0.3 is 18.9 Å². The third kappa shape index (κ3) is 64.2. The molecule has 0 rings (SSSR count). The second kappa shape index (κ2) is 59.6. The number of carbonyl (C=O) groups is 1. The van der Waals surface area contributed by atoms with Crippen molar-refractivity contribution < 1.29 is 37.3 Å². The first kappa shape index (κ1) is 74.5. The highest BCUT2D eigenvalue weighted by Crippen LogP contribution is 2.43. The highest BCUT2D eigenvalue weighted by atomic mass is 31.2. The normalized spacial score (nSPS) is 13.2. The first-order valence-corrected chi connectivity index (χ1v) is 35.3. The second-order valence-corrected chi connectivity index (χ2v) is 26.0. The number of hydrogen-bond donors (Lipinski definition) is 1. The van der Waals surface area contributed by atoms with E-state index in [2.05, 4.69) is 13.8 Å². The van der Waals surface area contributed by atoms with Gasteiger partial charge in [-0.3, -0.25) is 13.8 Å². The minimum absolute atomic E-state index is 0.0946. The van der Waals surface area contributed by atoms with Gasteiger partial charge in [-0.2, -0.15) is 0 Å². The standard InChI is InChI=1S/C66H134NO7P/c1-6-8-10-12-14-16-18-20-22-24-26-27-28-29-30-31-32-33-34-35-36-37-38-39-40-41-42-43-45-47-49-51-53-55-57-59-66(68)74-65(64-73-75(69,70)72-62-60-67(3,4)5)63-71-61-58-56-54-52-50-48-46-44-25-23-21-19-17-15-13-11-9-7-2/h65H,6-64H2,1-5H3/p+1/t65-/m1/s1. The maximum atomic E-state index is 12.8. The van der Waals surface area contributed by atoms with E-state index < -0.39 is 13.9 Å². The molecule has 0 aromatic rings. The Morgan fingerprint density at radius 2 is 0.613 bits per heavy atom. The Morgan fingerprint density at radius 3 is 0.880 bits per heavy atom. The summed E-state index contributed by atoms with van der Waals surface area (Å²) in [6.07, 6.45) is 72.2. The van der Waals surface area contributed by atoms with Crippen molar-refractivity contribution in [3.63, 3.8) is 0 Å². The zero-order valence-corrected chi connectivity index (χ0v) is 52.5. The average molecular weight is 1090 g/mol. The van der Waals surface area contributed by atoms with Gasteiger partial charge in [-0.25, -0.2) is 4.57 Å². The van der Waals surface area contributed by atoms with Gasteiger partial charge in [-0.1, -0.05) is 341 Å².